The summed E-state index contributed by atoms with van der Waals surface area (Å²) in [6, 6.07) is 9.63. The molecule has 2 aliphatic rings. The number of fused-ring (bicyclic) bond motifs is 2. The summed E-state index contributed by atoms with van der Waals surface area (Å²) in [6.45, 7) is 4.92. The first-order valence-corrected chi connectivity index (χ1v) is 9.95. The van der Waals surface area contributed by atoms with E-state index in [1.54, 1.807) is 27.6 Å². The van der Waals surface area contributed by atoms with E-state index in [-0.39, 0.29) is 24.9 Å². The van der Waals surface area contributed by atoms with Gasteiger partial charge in [-0.2, -0.15) is 10.1 Å². The molecule has 1 aromatic carbocycles. The zero-order chi connectivity index (χ0) is 20.9. The van der Waals surface area contributed by atoms with Crippen molar-refractivity contribution in [3.63, 3.8) is 0 Å². The molecule has 3 aromatic rings. The average molecular weight is 406 g/mol. The van der Waals surface area contributed by atoms with E-state index in [0.717, 1.165) is 16.9 Å². The van der Waals surface area contributed by atoms with E-state index in [4.69, 9.17) is 4.52 Å². The molecule has 9 nitrogen and oxygen atoms in total. The topological polar surface area (TPSA) is 97.4 Å². The van der Waals surface area contributed by atoms with Gasteiger partial charge in [0.15, 0.2) is 5.82 Å². The van der Waals surface area contributed by atoms with E-state index in [2.05, 4.69) is 15.2 Å². The molecule has 154 valence electrons. The first-order chi connectivity index (χ1) is 14.5. The van der Waals surface area contributed by atoms with Crippen LogP contribution in [0, 0.1) is 13.8 Å². The highest BCUT2D eigenvalue weighted by Gasteiger charge is 2.55. The lowest BCUT2D eigenvalue weighted by Crippen LogP contribution is -2.43. The number of likely N-dealkylation sites (tertiary alicyclic amines) is 1. The molecule has 0 saturated carbocycles. The van der Waals surface area contributed by atoms with Crippen molar-refractivity contribution in [3.8, 4) is 0 Å². The van der Waals surface area contributed by atoms with Gasteiger partial charge < -0.3 is 14.3 Å². The molecule has 30 heavy (non-hydrogen) atoms. The second-order valence-electron chi connectivity index (χ2n) is 7.95. The third-order valence-corrected chi connectivity index (χ3v) is 5.92. The van der Waals surface area contributed by atoms with Crippen molar-refractivity contribution in [1.29, 1.82) is 0 Å². The molecule has 1 fully saturated rings. The van der Waals surface area contributed by atoms with Gasteiger partial charge in [-0.15, -0.1) is 0 Å². The normalized spacial score (nSPS) is 20.4. The number of rotatable bonds is 4. The molecular formula is C21H22N6O3. The van der Waals surface area contributed by atoms with Crippen LogP contribution in [0.5, 0.6) is 0 Å². The SMILES string of the molecule is Cc1ccn(CC(=O)N2CCC3(C2)C(=O)N(Cc2nc(C)no2)c2ccccc23)n1. The second-order valence-corrected chi connectivity index (χ2v) is 7.95. The highest BCUT2D eigenvalue weighted by atomic mass is 16.5. The Morgan fingerprint density at radius 3 is 2.80 bits per heavy atom. The molecule has 1 saturated heterocycles. The number of carbonyl (C=O) groups excluding carboxylic acids is 2. The zero-order valence-electron chi connectivity index (χ0n) is 16.9. The van der Waals surface area contributed by atoms with Crippen LogP contribution in [0.4, 0.5) is 5.69 Å². The van der Waals surface area contributed by atoms with Gasteiger partial charge in [0.25, 0.3) is 0 Å². The van der Waals surface area contributed by atoms with Crippen molar-refractivity contribution in [2.75, 3.05) is 18.0 Å². The largest absolute Gasteiger partial charge is 0.340 e. The van der Waals surface area contributed by atoms with Crippen LogP contribution < -0.4 is 4.90 Å². The molecule has 5 rings (SSSR count). The molecule has 2 amide bonds. The van der Waals surface area contributed by atoms with Crippen LogP contribution in [0.15, 0.2) is 41.1 Å². The van der Waals surface area contributed by atoms with Gasteiger partial charge in [-0.1, -0.05) is 23.4 Å². The van der Waals surface area contributed by atoms with Crippen molar-refractivity contribution in [3.05, 3.63) is 59.5 Å². The monoisotopic (exact) mass is 406 g/mol. The molecule has 0 bridgehead atoms. The van der Waals surface area contributed by atoms with Gasteiger partial charge in [0.05, 0.1) is 11.1 Å². The molecular weight excluding hydrogens is 384 g/mol. The van der Waals surface area contributed by atoms with Crippen LogP contribution in [0.2, 0.25) is 0 Å². The Balaban J connectivity index is 1.41. The summed E-state index contributed by atoms with van der Waals surface area (Å²) in [5, 5.41) is 8.11. The van der Waals surface area contributed by atoms with Gasteiger partial charge in [-0.25, -0.2) is 0 Å². The first kappa shape index (κ1) is 18.5. The number of benzene rings is 1. The number of anilines is 1. The standard InChI is InChI=1S/C21H22N6O3/c1-14-7-9-26(23-14)12-19(28)25-10-8-21(13-25)16-5-3-4-6-17(16)27(20(21)29)11-18-22-15(2)24-30-18/h3-7,9H,8,10-13H2,1-2H3. The maximum atomic E-state index is 13.6. The van der Waals surface area contributed by atoms with Crippen molar-refractivity contribution >= 4 is 17.5 Å². The summed E-state index contributed by atoms with van der Waals surface area (Å²) in [5.74, 6) is 0.870. The van der Waals surface area contributed by atoms with E-state index in [0.29, 0.717) is 31.2 Å². The summed E-state index contributed by atoms with van der Waals surface area (Å²) in [6.07, 6.45) is 2.38. The highest BCUT2D eigenvalue weighted by Crippen LogP contribution is 2.47. The van der Waals surface area contributed by atoms with Crippen molar-refractivity contribution in [2.24, 2.45) is 0 Å². The Kier molecular flexibility index (Phi) is 4.19. The molecule has 4 heterocycles. The maximum absolute atomic E-state index is 13.6. The number of carbonyl (C=O) groups is 2. The molecule has 1 unspecified atom stereocenters. The van der Waals surface area contributed by atoms with Gasteiger partial charge in [0.1, 0.15) is 13.1 Å². The third kappa shape index (κ3) is 2.89. The van der Waals surface area contributed by atoms with Crippen LogP contribution in [0.25, 0.3) is 0 Å². The van der Waals surface area contributed by atoms with E-state index in [1.165, 1.54) is 0 Å². The summed E-state index contributed by atoms with van der Waals surface area (Å²) >= 11 is 0. The molecule has 1 spiro atoms. The third-order valence-electron chi connectivity index (χ3n) is 5.92. The molecule has 0 radical (unpaired) electrons. The predicted octanol–water partition coefficient (Wildman–Crippen LogP) is 1.60. The minimum absolute atomic E-state index is 0.0233. The Morgan fingerprint density at radius 1 is 1.23 bits per heavy atom. The number of hydrogen-bond donors (Lipinski definition) is 0. The van der Waals surface area contributed by atoms with Gasteiger partial charge in [-0.3, -0.25) is 14.3 Å². The fourth-order valence-electron chi connectivity index (χ4n) is 4.50. The Labute approximate surface area is 173 Å². The highest BCUT2D eigenvalue weighted by molar-refractivity contribution is 6.08. The van der Waals surface area contributed by atoms with Gasteiger partial charge in [-0.05, 0) is 38.0 Å². The van der Waals surface area contributed by atoms with Crippen LogP contribution in [0.1, 0.15) is 29.4 Å². The predicted molar refractivity (Wildman–Crippen MR) is 107 cm³/mol. The lowest BCUT2D eigenvalue weighted by atomic mass is 9.81. The smallest absolute Gasteiger partial charge is 0.246 e. The Hall–Kier alpha value is -3.49. The number of hydrogen-bond acceptors (Lipinski definition) is 6. The summed E-state index contributed by atoms with van der Waals surface area (Å²) in [5.41, 5.74) is 1.93. The van der Waals surface area contributed by atoms with E-state index >= 15 is 0 Å². The first-order valence-electron chi connectivity index (χ1n) is 9.95. The van der Waals surface area contributed by atoms with Crippen LogP contribution in [-0.4, -0.2) is 49.7 Å². The molecule has 0 aliphatic carbocycles. The fraction of sp³-hybridized carbons (Fsp3) is 0.381. The van der Waals surface area contributed by atoms with Gasteiger partial charge in [0, 0.05) is 25.0 Å². The quantitative estimate of drug-likeness (QED) is 0.653. The number of nitrogens with zero attached hydrogens (tertiary/aromatic N) is 6. The molecule has 9 heteroatoms. The number of amides is 2. The number of para-hydroxylation sites is 1. The lowest BCUT2D eigenvalue weighted by Gasteiger charge is -2.24. The molecule has 2 aliphatic heterocycles. The minimum Gasteiger partial charge on any atom is -0.340 e. The Morgan fingerprint density at radius 2 is 2.07 bits per heavy atom. The Bertz CT molecular complexity index is 1140. The van der Waals surface area contributed by atoms with Crippen LogP contribution in [0.3, 0.4) is 0 Å². The zero-order valence-corrected chi connectivity index (χ0v) is 16.9. The minimum atomic E-state index is -0.735. The van der Waals surface area contributed by atoms with Crippen molar-refractivity contribution < 1.29 is 14.1 Å². The van der Waals surface area contributed by atoms with Crippen molar-refractivity contribution in [2.45, 2.75) is 38.8 Å². The molecule has 1 atom stereocenters. The summed E-state index contributed by atoms with van der Waals surface area (Å²) < 4.78 is 6.88. The van der Waals surface area contributed by atoms with E-state index in [9.17, 15) is 9.59 Å². The van der Waals surface area contributed by atoms with E-state index in [1.807, 2.05) is 37.3 Å². The van der Waals surface area contributed by atoms with Gasteiger partial charge >= 0.3 is 0 Å². The number of aromatic nitrogens is 4. The molecule has 0 N–H and O–H groups in total. The maximum Gasteiger partial charge on any atom is 0.246 e. The van der Waals surface area contributed by atoms with E-state index < -0.39 is 5.41 Å². The van der Waals surface area contributed by atoms with Crippen molar-refractivity contribution in [1.82, 2.24) is 24.8 Å². The fourth-order valence-corrected chi connectivity index (χ4v) is 4.50. The summed E-state index contributed by atoms with van der Waals surface area (Å²) in [7, 11) is 0. The van der Waals surface area contributed by atoms with Gasteiger partial charge in [0.2, 0.25) is 17.7 Å². The van der Waals surface area contributed by atoms with Crippen LogP contribution >= 0.6 is 0 Å². The van der Waals surface area contributed by atoms with Crippen LogP contribution in [-0.2, 0) is 28.1 Å². The molecule has 2 aromatic heterocycles. The lowest BCUT2D eigenvalue weighted by molar-refractivity contribution is -0.131. The second kappa shape index (κ2) is 6.79. The summed E-state index contributed by atoms with van der Waals surface area (Å²) in [4.78, 5) is 34.2. The average Bonchev–Trinajstić information content (AvgIpc) is 3.49. The number of aryl methyl sites for hydroxylation is 2.